The summed E-state index contributed by atoms with van der Waals surface area (Å²) in [5.74, 6) is 1.19. The van der Waals surface area contributed by atoms with Gasteiger partial charge in [0.15, 0.2) is 11.5 Å². The molecule has 4 rings (SSSR count). The van der Waals surface area contributed by atoms with Gasteiger partial charge in [-0.25, -0.2) is 0 Å². The number of nitrogens with zero attached hydrogens (tertiary/aromatic N) is 3. The van der Waals surface area contributed by atoms with E-state index >= 15 is 0 Å². The standard InChI is InChI=1S/C27H32ClN3O3/c1-18-6-7-23(19(2)12-18)30-10-8-29(9-11-30)17-22-13-21-14-25(33-4)26(34-5)15-24(21)31(27(22)32)16-20(3)28/h6-7,12-15H,3,8-11,16-17H2,1-2,4-5H3. The predicted molar refractivity (Wildman–Crippen MR) is 140 cm³/mol. The number of ether oxygens (including phenoxy) is 2. The largest absolute Gasteiger partial charge is 0.493 e. The number of anilines is 1. The Morgan fingerprint density at radius 1 is 1.00 bits per heavy atom. The smallest absolute Gasteiger partial charge is 0.255 e. The van der Waals surface area contributed by atoms with Crippen LogP contribution in [0.3, 0.4) is 0 Å². The number of benzene rings is 2. The SMILES string of the molecule is C=C(Cl)Cn1c(=O)c(CN2CCN(c3ccc(C)cc3C)CC2)cc2cc(OC)c(OC)cc21. The van der Waals surface area contributed by atoms with E-state index in [-0.39, 0.29) is 12.1 Å². The Morgan fingerprint density at radius 3 is 2.29 bits per heavy atom. The second-order valence-corrected chi connectivity index (χ2v) is 9.43. The van der Waals surface area contributed by atoms with Gasteiger partial charge in [-0.05, 0) is 37.6 Å². The number of fused-ring (bicyclic) bond motifs is 1. The Morgan fingerprint density at radius 2 is 1.68 bits per heavy atom. The van der Waals surface area contributed by atoms with Crippen LogP contribution in [0.25, 0.3) is 10.9 Å². The second kappa shape index (κ2) is 10.1. The number of halogens is 1. The van der Waals surface area contributed by atoms with Gasteiger partial charge < -0.3 is 18.9 Å². The van der Waals surface area contributed by atoms with Gasteiger partial charge in [-0.15, -0.1) is 0 Å². The summed E-state index contributed by atoms with van der Waals surface area (Å²) in [4.78, 5) is 18.2. The molecule has 0 N–H and O–H groups in total. The lowest BCUT2D eigenvalue weighted by atomic mass is 10.1. The van der Waals surface area contributed by atoms with E-state index in [0.29, 0.717) is 23.1 Å². The molecule has 6 nitrogen and oxygen atoms in total. The highest BCUT2D eigenvalue weighted by Crippen LogP contribution is 2.32. The number of methoxy groups -OCH3 is 2. The van der Waals surface area contributed by atoms with Gasteiger partial charge in [0.05, 0.1) is 26.3 Å². The van der Waals surface area contributed by atoms with Crippen molar-refractivity contribution in [3.05, 3.63) is 75.1 Å². The van der Waals surface area contributed by atoms with Crippen molar-refractivity contribution >= 4 is 28.2 Å². The first-order valence-electron chi connectivity index (χ1n) is 11.5. The van der Waals surface area contributed by atoms with E-state index in [1.807, 2.05) is 18.2 Å². The molecule has 0 bridgehead atoms. The molecule has 2 aromatic carbocycles. The maximum Gasteiger partial charge on any atom is 0.255 e. The minimum absolute atomic E-state index is 0.0571. The quantitative estimate of drug-likeness (QED) is 0.489. The van der Waals surface area contributed by atoms with Gasteiger partial charge >= 0.3 is 0 Å². The molecule has 0 aliphatic carbocycles. The summed E-state index contributed by atoms with van der Waals surface area (Å²) in [7, 11) is 3.19. The molecule has 1 aliphatic heterocycles. The molecule has 0 spiro atoms. The molecular formula is C27H32ClN3O3. The number of aryl methyl sites for hydroxylation is 2. The summed E-state index contributed by atoms with van der Waals surface area (Å²) in [6.07, 6.45) is 0. The minimum atomic E-state index is -0.0571. The van der Waals surface area contributed by atoms with Crippen molar-refractivity contribution in [2.45, 2.75) is 26.9 Å². The fraction of sp³-hybridized carbons (Fsp3) is 0.370. The van der Waals surface area contributed by atoms with Crippen LogP contribution in [-0.4, -0.2) is 49.9 Å². The zero-order valence-corrected chi connectivity index (χ0v) is 21.1. The molecule has 0 amide bonds. The Kier molecular flexibility index (Phi) is 7.19. The summed E-state index contributed by atoms with van der Waals surface area (Å²) in [6.45, 7) is 12.5. The van der Waals surface area contributed by atoms with E-state index in [2.05, 4.69) is 48.4 Å². The normalized spacial score (nSPS) is 14.4. The number of rotatable bonds is 7. The summed E-state index contributed by atoms with van der Waals surface area (Å²) in [5, 5.41) is 1.30. The molecule has 0 atom stereocenters. The fourth-order valence-electron chi connectivity index (χ4n) is 4.76. The minimum Gasteiger partial charge on any atom is -0.493 e. The van der Waals surface area contributed by atoms with E-state index < -0.39 is 0 Å². The van der Waals surface area contributed by atoms with Crippen LogP contribution in [0.1, 0.15) is 16.7 Å². The first-order chi connectivity index (χ1) is 16.3. The van der Waals surface area contributed by atoms with Crippen LogP contribution in [0.4, 0.5) is 5.69 Å². The summed E-state index contributed by atoms with van der Waals surface area (Å²) >= 11 is 6.13. The summed E-state index contributed by atoms with van der Waals surface area (Å²) in [5.41, 5.74) is 5.29. The molecule has 1 aliphatic rings. The molecule has 180 valence electrons. The summed E-state index contributed by atoms with van der Waals surface area (Å²) < 4.78 is 12.6. The van der Waals surface area contributed by atoms with Crippen molar-refractivity contribution in [1.82, 2.24) is 9.47 Å². The Labute approximate surface area is 205 Å². The van der Waals surface area contributed by atoms with Gasteiger partial charge in [-0.2, -0.15) is 0 Å². The lowest BCUT2D eigenvalue weighted by Crippen LogP contribution is -2.46. The molecule has 0 radical (unpaired) electrons. The predicted octanol–water partition coefficient (Wildman–Crippen LogP) is 4.71. The van der Waals surface area contributed by atoms with Gasteiger partial charge in [0.1, 0.15) is 0 Å². The van der Waals surface area contributed by atoms with Crippen LogP contribution in [0.15, 0.2) is 52.8 Å². The number of aromatic nitrogens is 1. The van der Waals surface area contributed by atoms with Crippen molar-refractivity contribution in [3.8, 4) is 11.5 Å². The van der Waals surface area contributed by atoms with Crippen LogP contribution in [0.5, 0.6) is 11.5 Å². The third kappa shape index (κ3) is 4.93. The highest BCUT2D eigenvalue weighted by Gasteiger charge is 2.21. The molecule has 7 heteroatoms. The highest BCUT2D eigenvalue weighted by molar-refractivity contribution is 6.29. The molecule has 1 fully saturated rings. The first-order valence-corrected chi connectivity index (χ1v) is 11.8. The van der Waals surface area contributed by atoms with Gasteiger partial charge in [0.25, 0.3) is 5.56 Å². The molecule has 2 heterocycles. The maximum absolute atomic E-state index is 13.5. The van der Waals surface area contributed by atoms with E-state index in [4.69, 9.17) is 21.1 Å². The lowest BCUT2D eigenvalue weighted by molar-refractivity contribution is 0.248. The monoisotopic (exact) mass is 481 g/mol. The first kappa shape index (κ1) is 24.2. The molecular weight excluding hydrogens is 450 g/mol. The van der Waals surface area contributed by atoms with Gasteiger partial charge in [-0.1, -0.05) is 35.9 Å². The lowest BCUT2D eigenvalue weighted by Gasteiger charge is -2.37. The van der Waals surface area contributed by atoms with Crippen LogP contribution in [0.2, 0.25) is 0 Å². The molecule has 3 aromatic rings. The van der Waals surface area contributed by atoms with Crippen molar-refractivity contribution in [2.75, 3.05) is 45.3 Å². The second-order valence-electron chi connectivity index (χ2n) is 8.90. The van der Waals surface area contributed by atoms with Gasteiger partial charge in [0, 0.05) is 60.5 Å². The highest BCUT2D eigenvalue weighted by atomic mass is 35.5. The Hall–Kier alpha value is -2.96. The fourth-order valence-corrected chi connectivity index (χ4v) is 4.87. The molecule has 0 saturated carbocycles. The molecule has 1 saturated heterocycles. The number of pyridine rings is 1. The van der Waals surface area contributed by atoms with Crippen LogP contribution in [-0.2, 0) is 13.1 Å². The van der Waals surface area contributed by atoms with Crippen molar-refractivity contribution < 1.29 is 9.47 Å². The number of allylic oxidation sites excluding steroid dienone is 1. The third-order valence-electron chi connectivity index (χ3n) is 6.46. The van der Waals surface area contributed by atoms with Crippen LogP contribution in [0, 0.1) is 13.8 Å². The van der Waals surface area contributed by atoms with Crippen molar-refractivity contribution in [1.29, 1.82) is 0 Å². The number of piperazine rings is 1. The Bertz CT molecular complexity index is 1280. The number of hydrogen-bond donors (Lipinski definition) is 0. The number of hydrogen-bond acceptors (Lipinski definition) is 5. The average molecular weight is 482 g/mol. The topological polar surface area (TPSA) is 46.9 Å². The van der Waals surface area contributed by atoms with E-state index in [1.165, 1.54) is 16.8 Å². The van der Waals surface area contributed by atoms with Gasteiger partial charge in [0.2, 0.25) is 0 Å². The van der Waals surface area contributed by atoms with Crippen LogP contribution >= 0.6 is 11.6 Å². The van der Waals surface area contributed by atoms with E-state index in [0.717, 1.165) is 42.6 Å². The van der Waals surface area contributed by atoms with Gasteiger partial charge in [-0.3, -0.25) is 9.69 Å². The molecule has 0 unspecified atom stereocenters. The van der Waals surface area contributed by atoms with E-state index in [9.17, 15) is 4.79 Å². The zero-order chi connectivity index (χ0) is 24.4. The van der Waals surface area contributed by atoms with Crippen LogP contribution < -0.4 is 19.9 Å². The third-order valence-corrected chi connectivity index (χ3v) is 6.58. The maximum atomic E-state index is 13.5. The van der Waals surface area contributed by atoms with Crippen molar-refractivity contribution in [2.24, 2.45) is 0 Å². The molecule has 1 aromatic heterocycles. The van der Waals surface area contributed by atoms with Crippen molar-refractivity contribution in [3.63, 3.8) is 0 Å². The summed E-state index contributed by atoms with van der Waals surface area (Å²) in [6, 6.07) is 12.3. The zero-order valence-electron chi connectivity index (χ0n) is 20.4. The van der Waals surface area contributed by atoms with E-state index in [1.54, 1.807) is 18.8 Å². The average Bonchev–Trinajstić information content (AvgIpc) is 2.81. The molecule has 34 heavy (non-hydrogen) atoms. The Balaban J connectivity index is 1.61.